The van der Waals surface area contributed by atoms with Crippen LogP contribution in [-0.4, -0.2) is 20.6 Å². The molecule has 0 spiro atoms. The van der Waals surface area contributed by atoms with Crippen molar-refractivity contribution < 1.29 is 23.1 Å². The number of alkyl halides is 2. The molecule has 0 unspecified atom stereocenters. The van der Waals surface area contributed by atoms with Gasteiger partial charge in [-0.25, -0.2) is 13.8 Å². The van der Waals surface area contributed by atoms with Crippen LogP contribution in [0.15, 0.2) is 22.6 Å². The molecule has 0 aliphatic rings. The molecule has 3 heterocycles. The number of halogens is 2. The zero-order valence-corrected chi connectivity index (χ0v) is 15.9. The predicted molar refractivity (Wildman–Crippen MR) is 105 cm³/mol. The van der Waals surface area contributed by atoms with Crippen LogP contribution in [0.25, 0.3) is 27.7 Å². The second kappa shape index (κ2) is 6.20. The van der Waals surface area contributed by atoms with E-state index in [4.69, 9.17) is 15.9 Å². The number of phenols is 1. The highest BCUT2D eigenvalue weighted by atomic mass is 19.3. The van der Waals surface area contributed by atoms with Gasteiger partial charge < -0.3 is 21.0 Å². The summed E-state index contributed by atoms with van der Waals surface area (Å²) in [6, 6.07) is 4.71. The fourth-order valence-electron chi connectivity index (χ4n) is 3.80. The zero-order chi connectivity index (χ0) is 21.2. The van der Waals surface area contributed by atoms with Crippen molar-refractivity contribution in [2.45, 2.75) is 27.2 Å². The number of aryl methyl sites for hydroxylation is 2. The van der Waals surface area contributed by atoms with Gasteiger partial charge >= 0.3 is 0 Å². The molecule has 4 aromatic rings. The fraction of sp³-hybridized carbons (Fsp3) is 0.200. The van der Waals surface area contributed by atoms with E-state index in [2.05, 4.69) is 4.98 Å². The lowest BCUT2D eigenvalue weighted by Crippen LogP contribution is -2.14. The first kappa shape index (κ1) is 18.7. The Labute approximate surface area is 163 Å². The second-order valence-corrected chi connectivity index (χ2v) is 6.93. The van der Waals surface area contributed by atoms with Gasteiger partial charge in [-0.05, 0) is 32.4 Å². The number of amides is 1. The summed E-state index contributed by atoms with van der Waals surface area (Å²) in [7, 11) is 0. The van der Waals surface area contributed by atoms with E-state index in [-0.39, 0.29) is 39.1 Å². The number of benzene rings is 1. The largest absolute Gasteiger partial charge is 0.508 e. The molecule has 9 heteroatoms. The van der Waals surface area contributed by atoms with Crippen molar-refractivity contribution in [1.82, 2.24) is 9.55 Å². The smallest absolute Gasteiger partial charge is 0.281 e. The van der Waals surface area contributed by atoms with Crippen LogP contribution in [0.5, 0.6) is 5.75 Å². The number of carbonyl (C=O) groups is 1. The van der Waals surface area contributed by atoms with Gasteiger partial charge in [-0.1, -0.05) is 6.07 Å². The number of nitrogens with zero attached hydrogens (tertiary/aromatic N) is 2. The van der Waals surface area contributed by atoms with Crippen molar-refractivity contribution in [3.05, 3.63) is 46.3 Å². The summed E-state index contributed by atoms with van der Waals surface area (Å²) in [5.74, 6) is -0.651. The Morgan fingerprint density at radius 1 is 1.28 bits per heavy atom. The maximum Gasteiger partial charge on any atom is 0.281 e. The highest BCUT2D eigenvalue weighted by molar-refractivity contribution is 6.17. The third-order valence-corrected chi connectivity index (χ3v) is 5.04. The van der Waals surface area contributed by atoms with Gasteiger partial charge in [-0.2, -0.15) is 0 Å². The molecule has 0 radical (unpaired) electrons. The summed E-state index contributed by atoms with van der Waals surface area (Å²) < 4.78 is 35.0. The maximum absolute atomic E-state index is 13.9. The lowest BCUT2D eigenvalue weighted by molar-refractivity contribution is 0.100. The number of nitrogens with two attached hydrogens (primary N) is 2. The predicted octanol–water partition coefficient (Wildman–Crippen LogP) is 4.02. The Morgan fingerprint density at radius 3 is 2.59 bits per heavy atom. The van der Waals surface area contributed by atoms with Gasteiger partial charge in [0.15, 0.2) is 5.58 Å². The molecule has 0 saturated heterocycles. The summed E-state index contributed by atoms with van der Waals surface area (Å²) in [6.07, 6.45) is -2.98. The van der Waals surface area contributed by atoms with E-state index in [9.17, 15) is 18.7 Å². The number of furan rings is 1. The highest BCUT2D eigenvalue weighted by Crippen LogP contribution is 2.42. The van der Waals surface area contributed by atoms with Crippen LogP contribution in [0.4, 0.5) is 14.6 Å². The number of hydrogen-bond acceptors (Lipinski definition) is 5. The number of fused-ring (bicyclic) bond motifs is 3. The molecular formula is C20H18F2N4O3. The standard InChI is InChI=1S/C20H18F2N4O3/c1-7-4-5-11(27)9(3)15(7)26-16-12(13(19(26)23)20(24)28)14(18(21)22)25-10-6-8(2)29-17(10)16/h4-6,18,27H,23H2,1-3H3,(H2,24,28). The SMILES string of the molecule is Cc1cc2nc(C(F)F)c3c(C(N)=O)c(N)n(-c4c(C)ccc(O)c4C)c3c2o1. The Morgan fingerprint density at radius 2 is 1.97 bits per heavy atom. The van der Waals surface area contributed by atoms with Crippen molar-refractivity contribution >= 4 is 33.7 Å². The van der Waals surface area contributed by atoms with Gasteiger partial charge in [0.25, 0.3) is 12.3 Å². The minimum Gasteiger partial charge on any atom is -0.508 e. The lowest BCUT2D eigenvalue weighted by Gasteiger charge is -2.16. The van der Waals surface area contributed by atoms with E-state index < -0.39 is 18.0 Å². The summed E-state index contributed by atoms with van der Waals surface area (Å²) >= 11 is 0. The van der Waals surface area contributed by atoms with E-state index in [1.165, 1.54) is 16.7 Å². The van der Waals surface area contributed by atoms with Crippen molar-refractivity contribution in [2.24, 2.45) is 5.73 Å². The van der Waals surface area contributed by atoms with E-state index in [1.807, 2.05) is 0 Å². The molecular weight excluding hydrogens is 382 g/mol. The van der Waals surface area contributed by atoms with E-state index in [1.54, 1.807) is 26.8 Å². The Kier molecular flexibility index (Phi) is 4.00. The first-order valence-corrected chi connectivity index (χ1v) is 8.74. The van der Waals surface area contributed by atoms with Gasteiger partial charge in [-0.3, -0.25) is 9.36 Å². The average Bonchev–Trinajstić information content (AvgIpc) is 3.15. The molecule has 7 nitrogen and oxygen atoms in total. The number of pyridine rings is 1. The van der Waals surface area contributed by atoms with Gasteiger partial charge in [0.1, 0.15) is 34.1 Å². The molecule has 0 fully saturated rings. The van der Waals surface area contributed by atoms with Crippen LogP contribution < -0.4 is 11.5 Å². The number of phenolic OH excluding ortho intramolecular Hbond substituents is 1. The molecule has 150 valence electrons. The van der Waals surface area contributed by atoms with E-state index >= 15 is 0 Å². The van der Waals surface area contributed by atoms with Crippen molar-refractivity contribution in [3.63, 3.8) is 0 Å². The van der Waals surface area contributed by atoms with Crippen LogP contribution in [0.1, 0.15) is 39.4 Å². The second-order valence-electron chi connectivity index (χ2n) is 6.93. The van der Waals surface area contributed by atoms with Crippen LogP contribution in [-0.2, 0) is 0 Å². The normalized spacial score (nSPS) is 11.8. The molecule has 29 heavy (non-hydrogen) atoms. The summed E-state index contributed by atoms with van der Waals surface area (Å²) in [4.78, 5) is 16.2. The molecule has 1 amide bonds. The van der Waals surface area contributed by atoms with Crippen LogP contribution in [0, 0.1) is 20.8 Å². The number of aromatic hydroxyl groups is 1. The number of carbonyl (C=O) groups excluding carboxylic acids is 1. The number of primary amides is 1. The van der Waals surface area contributed by atoms with E-state index in [0.717, 1.165) is 0 Å². The van der Waals surface area contributed by atoms with Gasteiger partial charge in [0, 0.05) is 17.0 Å². The summed E-state index contributed by atoms with van der Waals surface area (Å²) in [5.41, 5.74) is 13.1. The quantitative estimate of drug-likeness (QED) is 0.480. The number of hydrogen-bond donors (Lipinski definition) is 3. The maximum atomic E-state index is 13.9. The average molecular weight is 400 g/mol. The first-order chi connectivity index (χ1) is 13.6. The number of aromatic nitrogens is 2. The van der Waals surface area contributed by atoms with Crippen LogP contribution >= 0.6 is 0 Å². The third-order valence-electron chi connectivity index (χ3n) is 5.04. The highest BCUT2D eigenvalue weighted by Gasteiger charge is 2.31. The molecule has 0 atom stereocenters. The monoisotopic (exact) mass is 400 g/mol. The first-order valence-electron chi connectivity index (χ1n) is 8.74. The Bertz CT molecular complexity index is 1320. The molecule has 0 bridgehead atoms. The van der Waals surface area contributed by atoms with Crippen molar-refractivity contribution in [3.8, 4) is 11.4 Å². The van der Waals surface area contributed by atoms with Gasteiger partial charge in [-0.15, -0.1) is 0 Å². The lowest BCUT2D eigenvalue weighted by atomic mass is 10.1. The molecule has 0 saturated carbocycles. The number of rotatable bonds is 3. The molecule has 4 rings (SSSR count). The Hall–Kier alpha value is -3.62. The van der Waals surface area contributed by atoms with Gasteiger partial charge in [0.2, 0.25) is 0 Å². The van der Waals surface area contributed by atoms with E-state index in [0.29, 0.717) is 22.6 Å². The van der Waals surface area contributed by atoms with Crippen molar-refractivity contribution in [2.75, 3.05) is 5.73 Å². The van der Waals surface area contributed by atoms with Crippen molar-refractivity contribution in [1.29, 1.82) is 0 Å². The van der Waals surface area contributed by atoms with Crippen LogP contribution in [0.2, 0.25) is 0 Å². The molecule has 0 aliphatic heterocycles. The van der Waals surface area contributed by atoms with Gasteiger partial charge in [0.05, 0.1) is 11.3 Å². The minimum atomic E-state index is -2.98. The minimum absolute atomic E-state index is 0.0116. The molecule has 3 aromatic heterocycles. The Balaban J connectivity index is 2.36. The summed E-state index contributed by atoms with van der Waals surface area (Å²) in [6.45, 7) is 5.09. The topological polar surface area (TPSA) is 120 Å². The molecule has 0 aliphatic carbocycles. The number of nitrogen functional groups attached to an aromatic ring is 1. The summed E-state index contributed by atoms with van der Waals surface area (Å²) in [5, 5.41) is 10.1. The number of anilines is 1. The zero-order valence-electron chi connectivity index (χ0n) is 15.9. The third kappa shape index (κ3) is 2.54. The fourth-order valence-corrected chi connectivity index (χ4v) is 3.80. The molecule has 5 N–H and O–H groups in total. The van der Waals surface area contributed by atoms with Crippen LogP contribution in [0.3, 0.4) is 0 Å². The molecule has 1 aromatic carbocycles.